The van der Waals surface area contributed by atoms with Crippen molar-refractivity contribution in [1.82, 2.24) is 0 Å². The number of hydrogen-bond acceptors (Lipinski definition) is 3. The standard InChI is InChI=1S/C13H10Br2OS2/c14-9-1-3-11(4-2-9)17-8-10(16)7-12-5-6-13(15)18-12/h1-6H,7-8H2. The quantitative estimate of drug-likeness (QED) is 0.637. The van der Waals surface area contributed by atoms with Gasteiger partial charge in [-0.25, -0.2) is 0 Å². The summed E-state index contributed by atoms with van der Waals surface area (Å²) in [5.74, 6) is 0.786. The number of halogens is 2. The first-order chi connectivity index (χ1) is 8.63. The third kappa shape index (κ3) is 4.53. The molecule has 0 atom stereocenters. The molecule has 0 aliphatic carbocycles. The highest BCUT2D eigenvalue weighted by molar-refractivity contribution is 9.11. The minimum atomic E-state index is 0.261. The van der Waals surface area contributed by atoms with Gasteiger partial charge in [0.25, 0.3) is 0 Å². The van der Waals surface area contributed by atoms with Crippen LogP contribution in [-0.2, 0) is 11.2 Å². The molecule has 18 heavy (non-hydrogen) atoms. The zero-order valence-electron chi connectivity index (χ0n) is 9.36. The molecule has 1 heterocycles. The van der Waals surface area contributed by atoms with Crippen LogP contribution in [0.3, 0.4) is 0 Å². The number of thioether (sulfide) groups is 1. The molecule has 0 aliphatic heterocycles. The minimum Gasteiger partial charge on any atom is -0.298 e. The predicted molar refractivity (Wildman–Crippen MR) is 85.6 cm³/mol. The number of thiophene rings is 1. The fraction of sp³-hybridized carbons (Fsp3) is 0.154. The number of Topliss-reactive ketones (excluding diaryl/α,β-unsaturated/α-hetero) is 1. The molecule has 1 nitrogen and oxygen atoms in total. The van der Waals surface area contributed by atoms with Crippen LogP contribution in [0.4, 0.5) is 0 Å². The zero-order chi connectivity index (χ0) is 13.0. The number of ketones is 1. The molecule has 2 aromatic rings. The lowest BCUT2D eigenvalue weighted by molar-refractivity contribution is -0.115. The summed E-state index contributed by atoms with van der Waals surface area (Å²) in [6, 6.07) is 12.0. The van der Waals surface area contributed by atoms with Crippen LogP contribution in [0.25, 0.3) is 0 Å². The van der Waals surface area contributed by atoms with E-state index in [0.717, 1.165) is 18.0 Å². The first-order valence-corrected chi connectivity index (χ1v) is 8.66. The summed E-state index contributed by atoms with van der Waals surface area (Å²) in [7, 11) is 0. The topological polar surface area (TPSA) is 17.1 Å². The van der Waals surface area contributed by atoms with E-state index in [-0.39, 0.29) is 5.78 Å². The van der Waals surface area contributed by atoms with Crippen LogP contribution in [0.15, 0.2) is 49.6 Å². The maximum Gasteiger partial charge on any atom is 0.148 e. The lowest BCUT2D eigenvalue weighted by atomic mass is 10.3. The van der Waals surface area contributed by atoms with Crippen molar-refractivity contribution in [3.05, 3.63) is 49.5 Å². The summed E-state index contributed by atoms with van der Waals surface area (Å²) >= 11 is 10.0. The Morgan fingerprint density at radius 3 is 2.44 bits per heavy atom. The number of carbonyl (C=O) groups is 1. The van der Waals surface area contributed by atoms with E-state index in [2.05, 4.69) is 31.9 Å². The minimum absolute atomic E-state index is 0.261. The van der Waals surface area contributed by atoms with Crippen LogP contribution in [0.2, 0.25) is 0 Å². The van der Waals surface area contributed by atoms with Crippen molar-refractivity contribution in [2.24, 2.45) is 0 Å². The molecule has 0 N–H and O–H groups in total. The molecule has 0 unspecified atom stereocenters. The fourth-order valence-corrected chi connectivity index (χ4v) is 3.92. The van der Waals surface area contributed by atoms with Gasteiger partial charge in [0.05, 0.1) is 9.54 Å². The van der Waals surface area contributed by atoms with Crippen LogP contribution < -0.4 is 0 Å². The van der Waals surface area contributed by atoms with Gasteiger partial charge in [-0.2, -0.15) is 0 Å². The molecule has 0 saturated heterocycles. The maximum atomic E-state index is 11.8. The van der Waals surface area contributed by atoms with Crippen LogP contribution in [0.1, 0.15) is 4.88 Å². The Labute approximate surface area is 131 Å². The van der Waals surface area contributed by atoms with Crippen molar-refractivity contribution in [3.8, 4) is 0 Å². The van der Waals surface area contributed by atoms with E-state index in [1.54, 1.807) is 23.1 Å². The molecule has 2 rings (SSSR count). The average molecular weight is 406 g/mol. The Hall–Kier alpha value is -0.100. The Bertz CT molecular complexity index is 534. The van der Waals surface area contributed by atoms with Gasteiger partial charge >= 0.3 is 0 Å². The number of hydrogen-bond donors (Lipinski definition) is 0. The number of carbonyl (C=O) groups excluding carboxylic acids is 1. The number of benzene rings is 1. The molecule has 0 radical (unpaired) electrons. The van der Waals surface area contributed by atoms with E-state index < -0.39 is 0 Å². The van der Waals surface area contributed by atoms with Crippen molar-refractivity contribution in [3.63, 3.8) is 0 Å². The average Bonchev–Trinajstić information content (AvgIpc) is 2.74. The Morgan fingerprint density at radius 1 is 1.11 bits per heavy atom. The van der Waals surface area contributed by atoms with Gasteiger partial charge in [-0.15, -0.1) is 23.1 Å². The van der Waals surface area contributed by atoms with E-state index in [0.29, 0.717) is 12.2 Å². The van der Waals surface area contributed by atoms with E-state index >= 15 is 0 Å². The molecule has 0 spiro atoms. The molecule has 1 aromatic carbocycles. The zero-order valence-corrected chi connectivity index (χ0v) is 14.2. The van der Waals surface area contributed by atoms with E-state index in [1.165, 1.54) is 0 Å². The van der Waals surface area contributed by atoms with Gasteiger partial charge < -0.3 is 0 Å². The third-order valence-electron chi connectivity index (χ3n) is 2.21. The summed E-state index contributed by atoms with van der Waals surface area (Å²) in [4.78, 5) is 14.1. The highest BCUT2D eigenvalue weighted by Crippen LogP contribution is 2.24. The lowest BCUT2D eigenvalue weighted by Gasteiger charge is -2.00. The summed E-state index contributed by atoms with van der Waals surface area (Å²) in [5, 5.41) is 0. The first kappa shape index (κ1) is 14.3. The molecular formula is C13H10Br2OS2. The second kappa shape index (κ2) is 6.89. The van der Waals surface area contributed by atoms with Gasteiger partial charge in [0.1, 0.15) is 5.78 Å². The SMILES string of the molecule is O=C(CSc1ccc(Br)cc1)Cc1ccc(Br)s1. The second-order valence-electron chi connectivity index (χ2n) is 3.66. The monoisotopic (exact) mass is 404 g/mol. The molecule has 0 bridgehead atoms. The largest absolute Gasteiger partial charge is 0.298 e. The molecule has 0 saturated carbocycles. The molecule has 0 amide bonds. The lowest BCUT2D eigenvalue weighted by Crippen LogP contribution is -2.04. The summed E-state index contributed by atoms with van der Waals surface area (Å²) < 4.78 is 2.13. The molecule has 0 fully saturated rings. The van der Waals surface area contributed by atoms with Gasteiger partial charge in [0.2, 0.25) is 0 Å². The fourth-order valence-electron chi connectivity index (χ4n) is 1.39. The van der Waals surface area contributed by atoms with Crippen molar-refractivity contribution >= 4 is 60.7 Å². The summed E-state index contributed by atoms with van der Waals surface area (Å²) in [6.45, 7) is 0. The van der Waals surface area contributed by atoms with E-state index in [9.17, 15) is 4.79 Å². The van der Waals surface area contributed by atoms with Gasteiger partial charge in [0, 0.05) is 20.7 Å². The molecule has 1 aromatic heterocycles. The van der Waals surface area contributed by atoms with E-state index in [4.69, 9.17) is 0 Å². The third-order valence-corrected chi connectivity index (χ3v) is 5.44. The second-order valence-corrected chi connectivity index (χ2v) is 8.18. The van der Waals surface area contributed by atoms with Crippen LogP contribution in [-0.4, -0.2) is 11.5 Å². The summed E-state index contributed by atoms with van der Waals surface area (Å²) in [6.07, 6.45) is 0.528. The number of rotatable bonds is 5. The smallest absolute Gasteiger partial charge is 0.148 e. The van der Waals surface area contributed by atoms with Crippen LogP contribution in [0, 0.1) is 0 Å². The van der Waals surface area contributed by atoms with Gasteiger partial charge in [0.15, 0.2) is 0 Å². The van der Waals surface area contributed by atoms with Crippen LogP contribution in [0.5, 0.6) is 0 Å². The van der Waals surface area contributed by atoms with Gasteiger partial charge in [-0.1, -0.05) is 15.9 Å². The van der Waals surface area contributed by atoms with Crippen molar-refractivity contribution in [2.45, 2.75) is 11.3 Å². The first-order valence-electron chi connectivity index (χ1n) is 5.28. The van der Waals surface area contributed by atoms with Gasteiger partial charge in [-0.3, -0.25) is 4.79 Å². The summed E-state index contributed by atoms with van der Waals surface area (Å²) in [5.41, 5.74) is 0. The predicted octanol–water partition coefficient (Wildman–Crippen LogP) is 5.18. The Kier molecular flexibility index (Phi) is 5.48. The van der Waals surface area contributed by atoms with Crippen molar-refractivity contribution in [1.29, 1.82) is 0 Å². The van der Waals surface area contributed by atoms with Crippen LogP contribution >= 0.6 is 55.0 Å². The maximum absolute atomic E-state index is 11.8. The Morgan fingerprint density at radius 2 is 1.83 bits per heavy atom. The molecule has 0 aliphatic rings. The van der Waals surface area contributed by atoms with Crippen molar-refractivity contribution < 1.29 is 4.79 Å². The van der Waals surface area contributed by atoms with Crippen molar-refractivity contribution in [2.75, 3.05) is 5.75 Å². The molecule has 5 heteroatoms. The normalized spacial score (nSPS) is 10.6. The molecular weight excluding hydrogens is 396 g/mol. The van der Waals surface area contributed by atoms with Gasteiger partial charge in [-0.05, 0) is 52.3 Å². The van der Waals surface area contributed by atoms with E-state index in [1.807, 2.05) is 36.4 Å². The molecule has 94 valence electrons. The Balaban J connectivity index is 1.83. The highest BCUT2D eigenvalue weighted by Gasteiger charge is 2.06. The highest BCUT2D eigenvalue weighted by atomic mass is 79.9.